The van der Waals surface area contributed by atoms with Gasteiger partial charge in [0.25, 0.3) is 11.7 Å². The summed E-state index contributed by atoms with van der Waals surface area (Å²) in [4.78, 5) is 52.8. The maximum Gasteiger partial charge on any atom is 0.312 e. The zero-order valence-electron chi connectivity index (χ0n) is 37.3. The van der Waals surface area contributed by atoms with Crippen LogP contribution in [0, 0.1) is 36.5 Å². The van der Waals surface area contributed by atoms with Crippen LogP contribution in [-0.2, 0) is 23.8 Å². The van der Waals surface area contributed by atoms with E-state index in [9.17, 15) is 39.9 Å². The molecule has 16 nitrogen and oxygen atoms in total. The fraction of sp³-hybridized carbons (Fsp3) is 0.587. The quantitative estimate of drug-likeness (QED) is 0.186. The summed E-state index contributed by atoms with van der Waals surface area (Å²) >= 11 is 0. The minimum Gasteiger partial charge on any atom is -0.507 e. The lowest BCUT2D eigenvalue weighted by Gasteiger charge is -2.38. The Bertz CT molecular complexity index is 2320. The summed E-state index contributed by atoms with van der Waals surface area (Å²) in [6, 6.07) is 0. The number of methoxy groups -OCH3 is 1. The molecule has 4 aliphatic heterocycles. The number of ether oxygens (including phenoxy) is 4. The number of benzene rings is 2. The molecular weight excluding hydrogens is 801 g/mol. The Morgan fingerprint density at radius 3 is 2.29 bits per heavy atom. The van der Waals surface area contributed by atoms with Gasteiger partial charge in [-0.2, -0.15) is 0 Å². The number of nitrogens with one attached hydrogen (secondary N) is 1. The average molecular weight is 863 g/mol. The number of allylic oxidation sites excluding steroid dienone is 2. The summed E-state index contributed by atoms with van der Waals surface area (Å²) < 4.78 is 24.0. The molecule has 1 amide bonds. The number of hydrogen-bond donors (Lipinski definition) is 6. The molecule has 4 aliphatic rings. The van der Waals surface area contributed by atoms with E-state index in [1.54, 1.807) is 33.8 Å². The van der Waals surface area contributed by atoms with Gasteiger partial charge in [-0.3, -0.25) is 19.4 Å². The Kier molecular flexibility index (Phi) is 13.6. The number of likely N-dealkylation sites (tertiary alicyclic amines) is 1. The molecule has 338 valence electrons. The van der Waals surface area contributed by atoms with Crippen LogP contribution in [0.4, 0.5) is 5.69 Å². The second kappa shape index (κ2) is 18.1. The van der Waals surface area contributed by atoms with Crippen molar-refractivity contribution < 1.29 is 58.9 Å². The van der Waals surface area contributed by atoms with E-state index in [2.05, 4.69) is 29.1 Å². The largest absolute Gasteiger partial charge is 0.507 e. The smallest absolute Gasteiger partial charge is 0.312 e. The van der Waals surface area contributed by atoms with Gasteiger partial charge in [0.1, 0.15) is 34.0 Å². The van der Waals surface area contributed by atoms with Crippen LogP contribution in [0.5, 0.6) is 17.2 Å². The standard InChI is InChI=1S/C46H62N4O12/c1-22(2)20-50-17-15-46(16-18-50)48-34-31-32-39(55)27(7)42-33(31)43(57)45(9,62-42)60-19-14-30(59-10)24(4)41(61-28(8)52)26(6)38(54)25(5)37(53)23(3)12-11-13-29(21-51)44(58)47-36(40(32)56)35(34)49-46/h11-14,19,22-26,30,37-38,41,48,51,53-56H,15-18,20-21H2,1-10H3/b12-11+,19-14+,29-13-,47-36?/t23-,24+,25+,26+,30-,37-,38+,41+,45-/m0/s1. The Hall–Kier alpha value is -4.87. The zero-order chi connectivity index (χ0) is 45.6. The fourth-order valence-corrected chi connectivity index (χ4v) is 9.31. The second-order valence-corrected chi connectivity index (χ2v) is 18.0. The van der Waals surface area contributed by atoms with Crippen molar-refractivity contribution >= 4 is 34.1 Å². The van der Waals surface area contributed by atoms with Crippen LogP contribution >= 0.6 is 0 Å². The highest BCUT2D eigenvalue weighted by Gasteiger charge is 2.51. The van der Waals surface area contributed by atoms with Gasteiger partial charge in [0, 0.05) is 93.6 Å². The Balaban J connectivity index is 1.57. The number of nitrogens with zero attached hydrogens (tertiary/aromatic N) is 3. The minimum atomic E-state index is -1.98. The fourth-order valence-electron chi connectivity index (χ4n) is 9.31. The van der Waals surface area contributed by atoms with Crippen molar-refractivity contribution in [2.24, 2.45) is 39.6 Å². The monoisotopic (exact) mass is 862 g/mol. The van der Waals surface area contributed by atoms with Gasteiger partial charge >= 0.3 is 11.8 Å². The maximum absolute atomic E-state index is 14.7. The van der Waals surface area contributed by atoms with Gasteiger partial charge in [0.15, 0.2) is 5.75 Å². The molecule has 2 aromatic carbocycles. The van der Waals surface area contributed by atoms with E-state index in [1.807, 2.05) is 0 Å². The third-order valence-corrected chi connectivity index (χ3v) is 13.0. The van der Waals surface area contributed by atoms with Crippen LogP contribution in [0.25, 0.3) is 10.8 Å². The number of piperidine rings is 1. The molecule has 4 bridgehead atoms. The van der Waals surface area contributed by atoms with E-state index < -0.39 is 95.3 Å². The molecule has 6 rings (SSSR count). The topological polar surface area (TPSA) is 229 Å². The second-order valence-electron chi connectivity index (χ2n) is 18.0. The SMILES string of the molecule is CO[C@H]1/C=C/O[C@@]2(C)Oc3c(C)c(O)c4c(O)c(c5c(c4c3C2=O)NC2(CCN(CC(C)C)CC2)N=5)=NC(=O)/C(CO)=C\C=C\[C@H](C)[C@H](O)[C@@H](C)[C@@H](O)[C@@H](C)[C@H](OC(C)=O)[C@@H]1C. The van der Waals surface area contributed by atoms with E-state index in [4.69, 9.17) is 23.9 Å². The first-order chi connectivity index (χ1) is 29.2. The summed E-state index contributed by atoms with van der Waals surface area (Å²) in [7, 11) is 1.45. The van der Waals surface area contributed by atoms with Crippen LogP contribution in [0.1, 0.15) is 84.2 Å². The van der Waals surface area contributed by atoms with Crippen molar-refractivity contribution in [2.75, 3.05) is 38.7 Å². The van der Waals surface area contributed by atoms with Gasteiger partial charge in [-0.05, 0) is 18.9 Å². The summed E-state index contributed by atoms with van der Waals surface area (Å²) in [5.41, 5.74) is -0.650. The number of ketones is 1. The number of carbonyl (C=O) groups is 3. The highest BCUT2D eigenvalue weighted by Crippen LogP contribution is 2.51. The first-order valence-electron chi connectivity index (χ1n) is 21.4. The highest BCUT2D eigenvalue weighted by molar-refractivity contribution is 6.21. The van der Waals surface area contributed by atoms with Gasteiger partial charge in [-0.15, -0.1) is 0 Å². The number of anilines is 1. The first kappa shape index (κ1) is 46.6. The van der Waals surface area contributed by atoms with Crippen LogP contribution in [0.3, 0.4) is 0 Å². The molecule has 1 spiro atoms. The molecule has 0 aliphatic carbocycles. The van der Waals surface area contributed by atoms with Crippen molar-refractivity contribution in [2.45, 2.75) is 111 Å². The normalized spacial score (nSPS) is 32.3. The third-order valence-electron chi connectivity index (χ3n) is 13.0. The number of esters is 1. The van der Waals surface area contributed by atoms with Crippen molar-refractivity contribution in [1.29, 1.82) is 0 Å². The molecule has 6 N–H and O–H groups in total. The lowest BCUT2D eigenvalue weighted by Crippen LogP contribution is -2.47. The van der Waals surface area contributed by atoms with Gasteiger partial charge < -0.3 is 54.7 Å². The summed E-state index contributed by atoms with van der Waals surface area (Å²) in [5.74, 6) is -7.22. The Morgan fingerprint density at radius 2 is 1.68 bits per heavy atom. The summed E-state index contributed by atoms with van der Waals surface area (Å²) in [6.45, 7) is 16.9. The molecule has 62 heavy (non-hydrogen) atoms. The van der Waals surface area contributed by atoms with Crippen molar-refractivity contribution in [3.8, 4) is 17.2 Å². The number of carbonyl (C=O) groups excluding carboxylic acids is 3. The summed E-state index contributed by atoms with van der Waals surface area (Å²) in [6.07, 6.45) is 4.40. The number of fused-ring (bicyclic) bond motifs is 1. The number of Topliss-reactive ketones (excluding diaryl/α,β-unsaturated/α-hetero) is 1. The van der Waals surface area contributed by atoms with E-state index >= 15 is 0 Å². The molecule has 0 radical (unpaired) electrons. The molecule has 16 heteroatoms. The van der Waals surface area contributed by atoms with Crippen molar-refractivity contribution in [1.82, 2.24) is 4.90 Å². The predicted octanol–water partition coefficient (Wildman–Crippen LogP) is 3.72. The number of aliphatic hydroxyl groups excluding tert-OH is 3. The molecule has 2 aromatic rings. The molecular formula is C46H62N4O12. The number of phenols is 2. The maximum atomic E-state index is 14.7. The summed E-state index contributed by atoms with van der Waals surface area (Å²) in [5, 5.41) is 60.6. The molecule has 0 saturated carbocycles. The molecule has 4 heterocycles. The number of aromatic hydroxyl groups is 2. The zero-order valence-corrected chi connectivity index (χ0v) is 37.3. The minimum absolute atomic E-state index is 0.0166. The Morgan fingerprint density at radius 1 is 1.00 bits per heavy atom. The lowest BCUT2D eigenvalue weighted by atomic mass is 9.78. The van der Waals surface area contributed by atoms with Crippen LogP contribution in [0.2, 0.25) is 0 Å². The number of hydrogen-bond acceptors (Lipinski definition) is 15. The van der Waals surface area contributed by atoms with Crippen LogP contribution in [-0.4, -0.2) is 117 Å². The van der Waals surface area contributed by atoms with Crippen LogP contribution in [0.15, 0.2) is 46.1 Å². The van der Waals surface area contributed by atoms with E-state index in [0.717, 1.165) is 6.54 Å². The Labute approximate surface area is 361 Å². The molecule has 9 atom stereocenters. The molecule has 0 unspecified atom stereocenters. The van der Waals surface area contributed by atoms with Crippen molar-refractivity contribution in [3.63, 3.8) is 0 Å². The lowest BCUT2D eigenvalue weighted by molar-refractivity contribution is -0.160. The number of rotatable bonds is 5. The van der Waals surface area contributed by atoms with Gasteiger partial charge in [0.2, 0.25) is 0 Å². The number of amides is 1. The number of aliphatic hydroxyl groups is 3. The number of phenolic OH excluding ortho intramolecular Hbond substituents is 2. The van der Waals surface area contributed by atoms with E-state index in [-0.39, 0.29) is 49.6 Å². The third kappa shape index (κ3) is 8.59. The molecule has 1 saturated heterocycles. The van der Waals surface area contributed by atoms with E-state index in [1.165, 1.54) is 52.4 Å². The average Bonchev–Trinajstić information content (AvgIpc) is 3.73. The molecule has 1 fully saturated rings. The van der Waals surface area contributed by atoms with Gasteiger partial charge in [0.05, 0.1) is 47.8 Å². The predicted molar refractivity (Wildman–Crippen MR) is 229 cm³/mol. The molecule has 0 aromatic heterocycles. The van der Waals surface area contributed by atoms with Gasteiger partial charge in [-0.25, -0.2) is 4.99 Å². The van der Waals surface area contributed by atoms with Crippen LogP contribution < -0.4 is 20.8 Å². The van der Waals surface area contributed by atoms with Crippen molar-refractivity contribution in [3.05, 3.63) is 58.0 Å². The van der Waals surface area contributed by atoms with E-state index in [0.29, 0.717) is 31.8 Å². The highest BCUT2D eigenvalue weighted by atomic mass is 16.7. The van der Waals surface area contributed by atoms with Gasteiger partial charge in [-0.1, -0.05) is 59.8 Å². The first-order valence-corrected chi connectivity index (χ1v) is 21.4.